The maximum absolute atomic E-state index is 14.7. The van der Waals surface area contributed by atoms with Gasteiger partial charge >= 0.3 is 0 Å². The van der Waals surface area contributed by atoms with Gasteiger partial charge in [-0.05, 0) is 38.3 Å². The molecule has 0 aliphatic carbocycles. The highest BCUT2D eigenvalue weighted by Crippen LogP contribution is 2.58. The Hall–Kier alpha value is -3.75. The smallest absolute Gasteiger partial charge is 0.249 e. The molecule has 2 aromatic carbocycles. The third kappa shape index (κ3) is 4.48. The summed E-state index contributed by atoms with van der Waals surface area (Å²) in [5, 5.41) is 10.7. The average Bonchev–Trinajstić information content (AvgIpc) is 3.25. The molecule has 1 unspecified atom stereocenters. The fourth-order valence-corrected chi connectivity index (χ4v) is 7.47. The zero-order chi connectivity index (χ0) is 29.6. The molecule has 42 heavy (non-hydrogen) atoms. The Labute approximate surface area is 247 Å². The molecule has 2 fully saturated rings. The van der Waals surface area contributed by atoms with Crippen LogP contribution in [0.5, 0.6) is 0 Å². The van der Waals surface area contributed by atoms with Gasteiger partial charge in [0.05, 0.1) is 30.1 Å². The average molecular weight is 570 g/mol. The second kappa shape index (κ2) is 10.8. The third-order valence-corrected chi connectivity index (χ3v) is 9.37. The first-order valence-electron chi connectivity index (χ1n) is 14.9. The van der Waals surface area contributed by atoms with Gasteiger partial charge in [0.15, 0.2) is 0 Å². The number of fused-ring (bicyclic) bond motifs is 2. The van der Waals surface area contributed by atoms with E-state index in [1.165, 1.54) is 0 Å². The minimum absolute atomic E-state index is 0.111. The number of amides is 3. The molecule has 3 amide bonds. The van der Waals surface area contributed by atoms with Crippen molar-refractivity contribution in [1.82, 2.24) is 14.7 Å². The molecule has 8 nitrogen and oxygen atoms in total. The van der Waals surface area contributed by atoms with Crippen molar-refractivity contribution in [3.8, 4) is 0 Å². The van der Waals surface area contributed by atoms with Gasteiger partial charge in [0, 0.05) is 25.7 Å². The molecule has 4 heterocycles. The van der Waals surface area contributed by atoms with Crippen molar-refractivity contribution in [2.45, 2.75) is 63.1 Å². The van der Waals surface area contributed by atoms with Crippen LogP contribution in [-0.4, -0.2) is 86.6 Å². The highest BCUT2D eigenvalue weighted by atomic mass is 16.5. The number of aliphatic hydroxyl groups excluding tert-OH is 1. The topological polar surface area (TPSA) is 90.4 Å². The van der Waals surface area contributed by atoms with Crippen LogP contribution in [0, 0.1) is 11.8 Å². The molecule has 1 N–H and O–H groups in total. The number of hydrogen-bond acceptors (Lipinski definition) is 5. The summed E-state index contributed by atoms with van der Waals surface area (Å²) in [4.78, 5) is 48.6. The monoisotopic (exact) mass is 569 g/mol. The van der Waals surface area contributed by atoms with E-state index >= 15 is 0 Å². The highest BCUT2D eigenvalue weighted by molar-refractivity contribution is 6.00. The number of benzene rings is 2. The van der Waals surface area contributed by atoms with Crippen molar-refractivity contribution < 1.29 is 24.2 Å². The van der Waals surface area contributed by atoms with Gasteiger partial charge in [-0.2, -0.15) is 0 Å². The van der Waals surface area contributed by atoms with Gasteiger partial charge in [0.2, 0.25) is 17.7 Å². The lowest BCUT2D eigenvalue weighted by molar-refractivity contribution is -0.156. The van der Waals surface area contributed by atoms with Gasteiger partial charge in [0.1, 0.15) is 11.6 Å². The summed E-state index contributed by atoms with van der Waals surface area (Å²) in [6.45, 7) is 6.61. The Morgan fingerprint density at radius 1 is 0.857 bits per heavy atom. The summed E-state index contributed by atoms with van der Waals surface area (Å²) in [7, 11) is 0. The van der Waals surface area contributed by atoms with Crippen LogP contribution >= 0.6 is 0 Å². The van der Waals surface area contributed by atoms with E-state index in [1.54, 1.807) is 14.7 Å². The van der Waals surface area contributed by atoms with Crippen LogP contribution in [-0.2, 0) is 32.1 Å². The van der Waals surface area contributed by atoms with E-state index in [9.17, 15) is 19.5 Å². The predicted molar refractivity (Wildman–Crippen MR) is 158 cm³/mol. The summed E-state index contributed by atoms with van der Waals surface area (Å²) in [6, 6.07) is 17.6. The van der Waals surface area contributed by atoms with Crippen LogP contribution in [0.25, 0.3) is 0 Å². The number of nitrogens with zero attached hydrogens (tertiary/aromatic N) is 3. The Morgan fingerprint density at radius 2 is 1.50 bits per heavy atom. The quantitative estimate of drug-likeness (QED) is 0.518. The van der Waals surface area contributed by atoms with Crippen LogP contribution in [0.15, 0.2) is 85.0 Å². The maximum atomic E-state index is 14.7. The van der Waals surface area contributed by atoms with Crippen LogP contribution in [0.1, 0.15) is 31.9 Å². The van der Waals surface area contributed by atoms with Gasteiger partial charge in [0.25, 0.3) is 0 Å². The first kappa shape index (κ1) is 28.4. The molecule has 8 heteroatoms. The molecule has 0 aromatic heterocycles. The first-order valence-corrected chi connectivity index (χ1v) is 14.9. The minimum Gasteiger partial charge on any atom is -0.394 e. The minimum atomic E-state index is -1.35. The van der Waals surface area contributed by atoms with Crippen molar-refractivity contribution in [3.63, 3.8) is 0 Å². The largest absolute Gasteiger partial charge is 0.394 e. The molecule has 4 aliphatic heterocycles. The molecule has 2 aromatic rings. The molecule has 0 bridgehead atoms. The van der Waals surface area contributed by atoms with Crippen molar-refractivity contribution in [2.75, 3.05) is 19.7 Å². The Morgan fingerprint density at radius 3 is 2.14 bits per heavy atom. The molecular formula is C34H39N3O5. The van der Waals surface area contributed by atoms with E-state index in [0.29, 0.717) is 26.1 Å². The van der Waals surface area contributed by atoms with Crippen LogP contribution < -0.4 is 0 Å². The van der Waals surface area contributed by atoms with E-state index in [-0.39, 0.29) is 30.4 Å². The number of likely N-dealkylation sites (tertiary alicyclic amines) is 1. The first-order chi connectivity index (χ1) is 20.2. The van der Waals surface area contributed by atoms with Crippen LogP contribution in [0.2, 0.25) is 0 Å². The number of ether oxygens (including phenoxy) is 1. The third-order valence-electron chi connectivity index (χ3n) is 9.37. The summed E-state index contributed by atoms with van der Waals surface area (Å²) in [5.41, 5.74) is -0.495. The molecule has 0 radical (unpaired) electrons. The van der Waals surface area contributed by atoms with Crippen molar-refractivity contribution >= 4 is 17.7 Å². The van der Waals surface area contributed by atoms with Gasteiger partial charge in [-0.3, -0.25) is 14.4 Å². The second-order valence-corrected chi connectivity index (χ2v) is 12.4. The van der Waals surface area contributed by atoms with E-state index in [0.717, 1.165) is 11.1 Å². The lowest BCUT2D eigenvalue weighted by atomic mass is 9.74. The summed E-state index contributed by atoms with van der Waals surface area (Å²) < 4.78 is 6.93. The number of aliphatic hydroxyl groups is 1. The number of rotatable bonds is 7. The number of hydrogen-bond donors (Lipinski definition) is 1. The van der Waals surface area contributed by atoms with Gasteiger partial charge in [-0.1, -0.05) is 85.0 Å². The normalized spacial score (nSPS) is 31.2. The van der Waals surface area contributed by atoms with E-state index in [4.69, 9.17) is 4.74 Å². The number of carbonyl (C=O) groups is 3. The van der Waals surface area contributed by atoms with Crippen molar-refractivity contribution in [2.24, 2.45) is 11.8 Å². The number of carbonyl (C=O) groups excluding carboxylic acids is 3. The Bertz CT molecular complexity index is 1410. The summed E-state index contributed by atoms with van der Waals surface area (Å²) in [5.74, 6) is -2.47. The zero-order valence-corrected chi connectivity index (χ0v) is 24.4. The van der Waals surface area contributed by atoms with Crippen molar-refractivity contribution in [1.29, 1.82) is 0 Å². The maximum Gasteiger partial charge on any atom is 0.249 e. The zero-order valence-electron chi connectivity index (χ0n) is 24.4. The Kier molecular flexibility index (Phi) is 7.31. The molecule has 2 saturated heterocycles. The van der Waals surface area contributed by atoms with Gasteiger partial charge in [-0.15, -0.1) is 0 Å². The van der Waals surface area contributed by atoms with Crippen molar-refractivity contribution in [3.05, 3.63) is 96.1 Å². The SMILES string of the molecule is CC(C)N1CC=C[C@]23O[C@@]4(C)C=CCN(Cc5ccccc5)C(=O)[C@H]4[C@H]2C(=O)N([C@@H](CO)Cc2ccccc2)C3C1=O. The summed E-state index contributed by atoms with van der Waals surface area (Å²) >= 11 is 0. The van der Waals surface area contributed by atoms with Crippen LogP contribution in [0.4, 0.5) is 0 Å². The predicted octanol–water partition coefficient (Wildman–Crippen LogP) is 2.97. The lowest BCUT2D eigenvalue weighted by Gasteiger charge is -2.40. The fraction of sp³-hybridized carbons (Fsp3) is 0.441. The molecule has 6 rings (SSSR count). The fourth-order valence-electron chi connectivity index (χ4n) is 7.47. The molecular weight excluding hydrogens is 530 g/mol. The van der Waals surface area contributed by atoms with E-state index < -0.39 is 35.1 Å². The van der Waals surface area contributed by atoms with E-state index in [2.05, 4.69) is 0 Å². The van der Waals surface area contributed by atoms with Gasteiger partial charge in [-0.25, -0.2) is 0 Å². The lowest BCUT2D eigenvalue weighted by Crippen LogP contribution is -2.59. The van der Waals surface area contributed by atoms with Gasteiger partial charge < -0.3 is 24.5 Å². The molecule has 4 aliphatic rings. The van der Waals surface area contributed by atoms with E-state index in [1.807, 2.05) is 106 Å². The van der Waals surface area contributed by atoms with Crippen LogP contribution in [0.3, 0.4) is 0 Å². The second-order valence-electron chi connectivity index (χ2n) is 12.4. The standard InChI is InChI=1S/C34H39N3O5/c1-23(2)36-19-11-17-34-28(31(40)37(29(34)32(36)41)26(22-38)20-24-12-6-4-7-13-24)27-30(39)35(18-10-16-33(27,3)42-34)21-25-14-8-5-9-15-25/h4-17,23,26-29,38H,18-22H2,1-3H3/t26-,27-,28+,29?,33+,34+/m1/s1. The molecule has 0 saturated carbocycles. The molecule has 6 atom stereocenters. The summed E-state index contributed by atoms with van der Waals surface area (Å²) in [6.07, 6.45) is 7.97. The highest BCUT2D eigenvalue weighted by Gasteiger charge is 2.75. The Balaban J connectivity index is 1.45. The molecule has 220 valence electrons. The molecule has 1 spiro atoms.